The lowest BCUT2D eigenvalue weighted by molar-refractivity contribution is -0.122. The molecule has 7 nitrogen and oxygen atoms in total. The second-order valence-corrected chi connectivity index (χ2v) is 3.69. The zero-order valence-electron chi connectivity index (χ0n) is 9.87. The second-order valence-electron chi connectivity index (χ2n) is 3.69. The van der Waals surface area contributed by atoms with Crippen LogP contribution in [0.5, 0.6) is 0 Å². The highest BCUT2D eigenvalue weighted by molar-refractivity contribution is 5.81. The summed E-state index contributed by atoms with van der Waals surface area (Å²) >= 11 is 0. The van der Waals surface area contributed by atoms with Gasteiger partial charge in [-0.2, -0.15) is 0 Å². The first-order valence-electron chi connectivity index (χ1n) is 5.62. The second kappa shape index (κ2) is 9.59. The first kappa shape index (κ1) is 15.4. The van der Waals surface area contributed by atoms with E-state index in [2.05, 4.69) is 10.6 Å². The van der Waals surface area contributed by atoms with Gasteiger partial charge in [0.15, 0.2) is 5.96 Å². The highest BCUT2D eigenvalue weighted by atomic mass is 16.2. The van der Waals surface area contributed by atoms with Gasteiger partial charge in [-0.1, -0.05) is 0 Å². The Morgan fingerprint density at radius 2 is 1.94 bits per heavy atom. The van der Waals surface area contributed by atoms with Gasteiger partial charge in [-0.25, -0.2) is 0 Å². The highest BCUT2D eigenvalue weighted by Crippen LogP contribution is 1.94. The maximum atomic E-state index is 11.4. The summed E-state index contributed by atoms with van der Waals surface area (Å²) in [6, 6.07) is -0.556. The number of amides is 1. The zero-order valence-corrected chi connectivity index (χ0v) is 9.87. The Morgan fingerprint density at radius 3 is 2.53 bits per heavy atom. The van der Waals surface area contributed by atoms with Crippen LogP contribution in [0, 0.1) is 5.41 Å². The number of hydrogen-bond acceptors (Lipinski definition) is 4. The molecule has 0 bridgehead atoms. The molecular formula is C10H21N5O2. The SMILES string of the molecule is N=C(N)NCCC[C@@H](N)C(=O)NCCCC=O. The molecule has 0 spiro atoms. The lowest BCUT2D eigenvalue weighted by Crippen LogP contribution is -2.41. The summed E-state index contributed by atoms with van der Waals surface area (Å²) in [5.74, 6) is -0.296. The van der Waals surface area contributed by atoms with E-state index in [9.17, 15) is 9.59 Å². The lowest BCUT2D eigenvalue weighted by atomic mass is 10.1. The molecule has 7 N–H and O–H groups in total. The lowest BCUT2D eigenvalue weighted by Gasteiger charge is -2.12. The van der Waals surface area contributed by atoms with Crippen LogP contribution in [0.2, 0.25) is 0 Å². The molecule has 1 atom stereocenters. The van der Waals surface area contributed by atoms with Crippen molar-refractivity contribution in [1.29, 1.82) is 5.41 Å². The summed E-state index contributed by atoms with van der Waals surface area (Å²) in [5, 5.41) is 12.2. The number of carbonyl (C=O) groups excluding carboxylic acids is 2. The zero-order chi connectivity index (χ0) is 13.1. The average molecular weight is 243 g/mol. The minimum atomic E-state index is -0.556. The molecule has 0 aromatic rings. The van der Waals surface area contributed by atoms with Crippen molar-refractivity contribution in [3.63, 3.8) is 0 Å². The van der Waals surface area contributed by atoms with Crippen LogP contribution in [0.4, 0.5) is 0 Å². The van der Waals surface area contributed by atoms with Crippen molar-refractivity contribution in [2.75, 3.05) is 13.1 Å². The first-order valence-corrected chi connectivity index (χ1v) is 5.62. The van der Waals surface area contributed by atoms with Crippen molar-refractivity contribution >= 4 is 18.2 Å². The topological polar surface area (TPSA) is 134 Å². The van der Waals surface area contributed by atoms with Crippen LogP contribution in [0.25, 0.3) is 0 Å². The molecule has 0 aromatic carbocycles. The van der Waals surface area contributed by atoms with Crippen molar-refractivity contribution in [3.05, 3.63) is 0 Å². The summed E-state index contributed by atoms with van der Waals surface area (Å²) < 4.78 is 0. The highest BCUT2D eigenvalue weighted by Gasteiger charge is 2.11. The van der Waals surface area contributed by atoms with Gasteiger partial charge in [0.2, 0.25) is 5.91 Å². The fraction of sp³-hybridized carbons (Fsp3) is 0.700. The maximum absolute atomic E-state index is 11.4. The van der Waals surface area contributed by atoms with E-state index in [0.29, 0.717) is 38.8 Å². The third-order valence-electron chi connectivity index (χ3n) is 2.14. The van der Waals surface area contributed by atoms with Gasteiger partial charge < -0.3 is 26.9 Å². The predicted molar refractivity (Wildman–Crippen MR) is 65.4 cm³/mol. The number of rotatable bonds is 9. The third kappa shape index (κ3) is 9.31. The largest absolute Gasteiger partial charge is 0.370 e. The Labute approximate surface area is 101 Å². The number of carbonyl (C=O) groups is 2. The minimum Gasteiger partial charge on any atom is -0.370 e. The standard InChI is InChI=1S/C10H21N5O2/c11-8(4-3-6-15-10(12)13)9(17)14-5-1-2-7-16/h7-8H,1-6,11H2,(H,14,17)(H4,12,13,15)/t8-/m1/s1. The molecule has 0 aliphatic heterocycles. The van der Waals surface area contributed by atoms with Crippen LogP contribution < -0.4 is 22.1 Å². The fourth-order valence-electron chi connectivity index (χ4n) is 1.20. The Hall–Kier alpha value is -1.63. The molecule has 0 saturated carbocycles. The molecule has 0 heterocycles. The summed E-state index contributed by atoms with van der Waals surface area (Å²) in [6.45, 7) is 0.998. The van der Waals surface area contributed by atoms with Gasteiger partial charge in [-0.05, 0) is 19.3 Å². The van der Waals surface area contributed by atoms with Crippen molar-refractivity contribution < 1.29 is 9.59 Å². The van der Waals surface area contributed by atoms with Gasteiger partial charge in [-0.3, -0.25) is 10.2 Å². The van der Waals surface area contributed by atoms with Crippen LogP contribution in [0.1, 0.15) is 25.7 Å². The molecule has 0 aliphatic carbocycles. The smallest absolute Gasteiger partial charge is 0.236 e. The molecule has 17 heavy (non-hydrogen) atoms. The van der Waals surface area contributed by atoms with E-state index < -0.39 is 6.04 Å². The molecule has 0 aromatic heterocycles. The molecule has 0 fully saturated rings. The van der Waals surface area contributed by atoms with Crippen LogP contribution in [0.3, 0.4) is 0 Å². The summed E-state index contributed by atoms with van der Waals surface area (Å²) in [5.41, 5.74) is 10.8. The molecule has 0 aliphatic rings. The first-order chi connectivity index (χ1) is 8.07. The van der Waals surface area contributed by atoms with Gasteiger partial charge in [0, 0.05) is 19.5 Å². The van der Waals surface area contributed by atoms with Crippen LogP contribution in [-0.2, 0) is 9.59 Å². The van der Waals surface area contributed by atoms with Crippen molar-refractivity contribution in [2.24, 2.45) is 11.5 Å². The normalized spacial score (nSPS) is 11.6. The molecule has 0 rings (SSSR count). The molecule has 0 radical (unpaired) electrons. The molecule has 1 amide bonds. The van der Waals surface area contributed by atoms with Gasteiger partial charge in [0.25, 0.3) is 0 Å². The quantitative estimate of drug-likeness (QED) is 0.148. The fourth-order valence-corrected chi connectivity index (χ4v) is 1.20. The minimum absolute atomic E-state index is 0.0862. The number of nitrogens with one attached hydrogen (secondary N) is 3. The molecule has 98 valence electrons. The van der Waals surface area contributed by atoms with Crippen LogP contribution in [-0.4, -0.2) is 37.3 Å². The average Bonchev–Trinajstić information content (AvgIpc) is 2.29. The van der Waals surface area contributed by atoms with E-state index in [1.165, 1.54) is 0 Å². The van der Waals surface area contributed by atoms with E-state index in [-0.39, 0.29) is 11.9 Å². The molecule has 7 heteroatoms. The van der Waals surface area contributed by atoms with Crippen molar-refractivity contribution in [2.45, 2.75) is 31.7 Å². The van der Waals surface area contributed by atoms with Gasteiger partial charge in [0.1, 0.15) is 6.29 Å². The Kier molecular flexibility index (Phi) is 8.67. The van der Waals surface area contributed by atoms with E-state index in [4.69, 9.17) is 16.9 Å². The summed E-state index contributed by atoms with van der Waals surface area (Å²) in [7, 11) is 0. The number of unbranched alkanes of at least 4 members (excludes halogenated alkanes) is 1. The Balaban J connectivity index is 3.53. The van der Waals surface area contributed by atoms with E-state index >= 15 is 0 Å². The van der Waals surface area contributed by atoms with Crippen molar-refractivity contribution in [3.8, 4) is 0 Å². The number of hydrogen-bond donors (Lipinski definition) is 5. The summed E-state index contributed by atoms with van der Waals surface area (Å²) in [4.78, 5) is 21.5. The number of aldehydes is 1. The van der Waals surface area contributed by atoms with Gasteiger partial charge >= 0.3 is 0 Å². The predicted octanol–water partition coefficient (Wildman–Crippen LogP) is -1.33. The molecule has 0 saturated heterocycles. The Morgan fingerprint density at radius 1 is 1.29 bits per heavy atom. The van der Waals surface area contributed by atoms with Gasteiger partial charge in [-0.15, -0.1) is 0 Å². The Bertz CT molecular complexity index is 257. The molecule has 0 unspecified atom stereocenters. The van der Waals surface area contributed by atoms with E-state index in [1.54, 1.807) is 0 Å². The van der Waals surface area contributed by atoms with Crippen molar-refractivity contribution in [1.82, 2.24) is 10.6 Å². The monoisotopic (exact) mass is 243 g/mol. The number of guanidine groups is 1. The number of nitrogens with two attached hydrogens (primary N) is 2. The third-order valence-corrected chi connectivity index (χ3v) is 2.14. The van der Waals surface area contributed by atoms with Gasteiger partial charge in [0.05, 0.1) is 6.04 Å². The van der Waals surface area contributed by atoms with Crippen LogP contribution in [0.15, 0.2) is 0 Å². The van der Waals surface area contributed by atoms with E-state index in [1.807, 2.05) is 0 Å². The van der Waals surface area contributed by atoms with Crippen LogP contribution >= 0.6 is 0 Å². The molecular weight excluding hydrogens is 222 g/mol. The van der Waals surface area contributed by atoms with E-state index in [0.717, 1.165) is 6.29 Å². The maximum Gasteiger partial charge on any atom is 0.236 e. The summed E-state index contributed by atoms with van der Waals surface area (Å²) in [6.07, 6.45) is 3.09.